The summed E-state index contributed by atoms with van der Waals surface area (Å²) in [5, 5.41) is 0.492. The van der Waals surface area contributed by atoms with Gasteiger partial charge in [0.25, 0.3) is 0 Å². The summed E-state index contributed by atoms with van der Waals surface area (Å²) < 4.78 is 11.2. The summed E-state index contributed by atoms with van der Waals surface area (Å²) in [6.07, 6.45) is 0. The maximum atomic E-state index is 5.99. The predicted molar refractivity (Wildman–Crippen MR) is 78.3 cm³/mol. The molecule has 0 amide bonds. The Hall–Kier alpha value is -1.87. The molecule has 2 rings (SSSR count). The number of aryl methyl sites for hydroxylation is 1. The van der Waals surface area contributed by atoms with Crippen molar-refractivity contribution in [3.8, 4) is 17.2 Å². The Morgan fingerprint density at radius 1 is 1.11 bits per heavy atom. The van der Waals surface area contributed by atoms with Crippen molar-refractivity contribution in [3.63, 3.8) is 0 Å². The average Bonchev–Trinajstić information content (AvgIpc) is 2.38. The zero-order valence-electron chi connectivity index (χ0n) is 10.9. The lowest BCUT2D eigenvalue weighted by Crippen LogP contribution is -1.93. The first-order chi connectivity index (χ1) is 9.10. The summed E-state index contributed by atoms with van der Waals surface area (Å²) in [5.41, 5.74) is 7.23. The molecule has 0 radical (unpaired) electrons. The van der Waals surface area contributed by atoms with E-state index in [1.807, 2.05) is 38.1 Å². The van der Waals surface area contributed by atoms with Crippen LogP contribution in [-0.2, 0) is 0 Å². The third-order valence-electron chi connectivity index (χ3n) is 2.66. The van der Waals surface area contributed by atoms with E-state index >= 15 is 0 Å². The van der Waals surface area contributed by atoms with Crippen molar-refractivity contribution in [2.75, 3.05) is 12.3 Å². The fourth-order valence-electron chi connectivity index (χ4n) is 1.69. The molecule has 0 saturated carbocycles. The molecule has 0 heterocycles. The number of anilines is 1. The lowest BCUT2D eigenvalue weighted by atomic mass is 10.2. The normalized spacial score (nSPS) is 10.3. The van der Waals surface area contributed by atoms with Crippen molar-refractivity contribution >= 4 is 17.3 Å². The van der Waals surface area contributed by atoms with Crippen molar-refractivity contribution < 1.29 is 9.47 Å². The van der Waals surface area contributed by atoms with Gasteiger partial charge in [0.1, 0.15) is 17.2 Å². The van der Waals surface area contributed by atoms with Gasteiger partial charge in [-0.3, -0.25) is 0 Å². The van der Waals surface area contributed by atoms with E-state index in [1.165, 1.54) is 0 Å². The molecular formula is C15H16ClNO2. The van der Waals surface area contributed by atoms with Gasteiger partial charge in [0.05, 0.1) is 17.3 Å². The molecule has 0 fully saturated rings. The molecule has 3 nitrogen and oxygen atoms in total. The molecule has 0 aliphatic carbocycles. The molecule has 0 bridgehead atoms. The summed E-state index contributed by atoms with van der Waals surface area (Å²) >= 11 is 5.99. The Labute approximate surface area is 117 Å². The second-order valence-corrected chi connectivity index (χ2v) is 4.55. The third kappa shape index (κ3) is 3.32. The summed E-state index contributed by atoms with van der Waals surface area (Å²) in [4.78, 5) is 0. The first-order valence-electron chi connectivity index (χ1n) is 6.06. The van der Waals surface area contributed by atoms with Crippen LogP contribution in [0, 0.1) is 6.92 Å². The standard InChI is InChI=1S/C15H16ClNO2/c1-3-18-11-4-6-12(7-5-11)19-15-9-13(16)14(17)8-10(15)2/h4-9H,3,17H2,1-2H3. The van der Waals surface area contributed by atoms with E-state index in [9.17, 15) is 0 Å². The van der Waals surface area contributed by atoms with Crippen molar-refractivity contribution in [2.24, 2.45) is 0 Å². The van der Waals surface area contributed by atoms with Gasteiger partial charge in [0.15, 0.2) is 0 Å². The Balaban J connectivity index is 2.19. The van der Waals surface area contributed by atoms with E-state index in [-0.39, 0.29) is 0 Å². The lowest BCUT2D eigenvalue weighted by molar-refractivity contribution is 0.339. The summed E-state index contributed by atoms with van der Waals surface area (Å²) in [7, 11) is 0. The highest BCUT2D eigenvalue weighted by atomic mass is 35.5. The third-order valence-corrected chi connectivity index (χ3v) is 2.98. The lowest BCUT2D eigenvalue weighted by Gasteiger charge is -2.11. The quantitative estimate of drug-likeness (QED) is 0.841. The Kier molecular flexibility index (Phi) is 4.17. The molecule has 2 aromatic rings. The highest BCUT2D eigenvalue weighted by Crippen LogP contribution is 2.32. The Bertz CT molecular complexity index is 567. The zero-order valence-corrected chi connectivity index (χ0v) is 11.7. The summed E-state index contributed by atoms with van der Waals surface area (Å²) in [5.74, 6) is 2.25. The first-order valence-corrected chi connectivity index (χ1v) is 6.44. The van der Waals surface area contributed by atoms with E-state index in [1.54, 1.807) is 12.1 Å². The van der Waals surface area contributed by atoms with Crippen LogP contribution in [0.15, 0.2) is 36.4 Å². The molecule has 0 aliphatic heterocycles. The molecule has 0 spiro atoms. The van der Waals surface area contributed by atoms with Crippen LogP contribution < -0.4 is 15.2 Å². The first kappa shape index (κ1) is 13.6. The van der Waals surface area contributed by atoms with Crippen LogP contribution in [0.25, 0.3) is 0 Å². The second-order valence-electron chi connectivity index (χ2n) is 4.15. The van der Waals surface area contributed by atoms with Crippen LogP contribution >= 0.6 is 11.6 Å². The van der Waals surface area contributed by atoms with Crippen molar-refractivity contribution in [1.82, 2.24) is 0 Å². The molecule has 0 aliphatic rings. The number of ether oxygens (including phenoxy) is 2. The maximum Gasteiger partial charge on any atom is 0.131 e. The predicted octanol–water partition coefficient (Wildman–Crippen LogP) is 4.42. The minimum atomic E-state index is 0.492. The fourth-order valence-corrected chi connectivity index (χ4v) is 1.85. The minimum absolute atomic E-state index is 0.492. The van der Waals surface area contributed by atoms with Crippen LogP contribution in [0.5, 0.6) is 17.2 Å². The zero-order chi connectivity index (χ0) is 13.8. The molecule has 19 heavy (non-hydrogen) atoms. The van der Waals surface area contributed by atoms with Gasteiger partial charge in [-0.1, -0.05) is 11.6 Å². The highest BCUT2D eigenvalue weighted by molar-refractivity contribution is 6.33. The topological polar surface area (TPSA) is 44.5 Å². The number of benzene rings is 2. The minimum Gasteiger partial charge on any atom is -0.494 e. The van der Waals surface area contributed by atoms with Crippen molar-refractivity contribution in [2.45, 2.75) is 13.8 Å². The molecule has 2 N–H and O–H groups in total. The van der Waals surface area contributed by atoms with E-state index in [2.05, 4.69) is 0 Å². The van der Waals surface area contributed by atoms with Gasteiger partial charge >= 0.3 is 0 Å². The number of halogens is 1. The molecule has 0 saturated heterocycles. The average molecular weight is 278 g/mol. The highest BCUT2D eigenvalue weighted by Gasteiger charge is 2.06. The molecule has 2 aromatic carbocycles. The van der Waals surface area contributed by atoms with Crippen LogP contribution in [0.3, 0.4) is 0 Å². The number of nitrogens with two attached hydrogens (primary N) is 1. The summed E-state index contributed by atoms with van der Waals surface area (Å²) in [6.45, 7) is 4.52. The number of nitrogen functional groups attached to an aromatic ring is 1. The molecule has 0 unspecified atom stereocenters. The molecule has 100 valence electrons. The molecule has 4 heteroatoms. The van der Waals surface area contributed by atoms with E-state index in [4.69, 9.17) is 26.8 Å². The van der Waals surface area contributed by atoms with E-state index in [0.29, 0.717) is 23.1 Å². The van der Waals surface area contributed by atoms with Gasteiger partial charge in [0.2, 0.25) is 0 Å². The SMILES string of the molecule is CCOc1ccc(Oc2cc(Cl)c(N)cc2C)cc1. The van der Waals surface area contributed by atoms with Gasteiger partial charge in [-0.15, -0.1) is 0 Å². The van der Waals surface area contributed by atoms with E-state index < -0.39 is 0 Å². The monoisotopic (exact) mass is 277 g/mol. The Morgan fingerprint density at radius 2 is 1.74 bits per heavy atom. The van der Waals surface area contributed by atoms with Gasteiger partial charge in [-0.2, -0.15) is 0 Å². The van der Waals surface area contributed by atoms with Crippen LogP contribution in [-0.4, -0.2) is 6.61 Å². The number of hydrogen-bond acceptors (Lipinski definition) is 3. The summed E-state index contributed by atoms with van der Waals surface area (Å²) in [6, 6.07) is 11.0. The van der Waals surface area contributed by atoms with Gasteiger partial charge in [-0.05, 0) is 49.7 Å². The fraction of sp³-hybridized carbons (Fsp3) is 0.200. The molecule has 0 aromatic heterocycles. The van der Waals surface area contributed by atoms with Crippen LogP contribution in [0.2, 0.25) is 5.02 Å². The number of hydrogen-bond donors (Lipinski definition) is 1. The van der Waals surface area contributed by atoms with Crippen molar-refractivity contribution in [3.05, 3.63) is 47.0 Å². The molecule has 0 atom stereocenters. The smallest absolute Gasteiger partial charge is 0.131 e. The van der Waals surface area contributed by atoms with Crippen molar-refractivity contribution in [1.29, 1.82) is 0 Å². The Morgan fingerprint density at radius 3 is 2.37 bits per heavy atom. The van der Waals surface area contributed by atoms with Gasteiger partial charge in [0, 0.05) is 6.07 Å². The van der Waals surface area contributed by atoms with Crippen LogP contribution in [0.4, 0.5) is 5.69 Å². The van der Waals surface area contributed by atoms with E-state index in [0.717, 1.165) is 17.1 Å². The molecular weight excluding hydrogens is 262 g/mol. The van der Waals surface area contributed by atoms with Gasteiger partial charge < -0.3 is 15.2 Å². The second kappa shape index (κ2) is 5.85. The maximum absolute atomic E-state index is 5.99. The van der Waals surface area contributed by atoms with Gasteiger partial charge in [-0.25, -0.2) is 0 Å². The van der Waals surface area contributed by atoms with Crippen LogP contribution in [0.1, 0.15) is 12.5 Å². The largest absolute Gasteiger partial charge is 0.494 e. The number of rotatable bonds is 4.